The number of carboxylic acids is 1. The van der Waals surface area contributed by atoms with E-state index >= 15 is 0 Å². The molecule has 0 aliphatic carbocycles. The van der Waals surface area contributed by atoms with Crippen LogP contribution in [0.1, 0.15) is 24.6 Å². The second-order valence-corrected chi connectivity index (χ2v) is 4.65. The van der Waals surface area contributed by atoms with Crippen LogP contribution in [0.5, 0.6) is 0 Å². The first kappa shape index (κ1) is 13.3. The zero-order chi connectivity index (χ0) is 13.8. The summed E-state index contributed by atoms with van der Waals surface area (Å²) in [6.45, 7) is 2.15. The van der Waals surface area contributed by atoms with E-state index in [-0.39, 0.29) is 6.42 Å². The molecule has 0 saturated carbocycles. The average molecular weight is 258 g/mol. The molecule has 0 bridgehead atoms. The van der Waals surface area contributed by atoms with Gasteiger partial charge in [0.25, 0.3) is 0 Å². The summed E-state index contributed by atoms with van der Waals surface area (Å²) in [4.78, 5) is 10.9. The Bertz CT molecular complexity index is 570. The van der Waals surface area contributed by atoms with Crippen molar-refractivity contribution in [3.05, 3.63) is 41.7 Å². The van der Waals surface area contributed by atoms with Crippen LogP contribution in [-0.2, 0) is 24.7 Å². The third-order valence-corrected chi connectivity index (χ3v) is 3.18. The number of aromatic nitrogens is 2. The molecule has 1 aromatic heterocycles. The summed E-state index contributed by atoms with van der Waals surface area (Å²) >= 11 is 0. The van der Waals surface area contributed by atoms with Crippen molar-refractivity contribution in [2.75, 3.05) is 0 Å². The number of rotatable bonds is 5. The highest BCUT2D eigenvalue weighted by Crippen LogP contribution is 2.24. The van der Waals surface area contributed by atoms with Gasteiger partial charge in [0, 0.05) is 12.6 Å². The maximum atomic E-state index is 10.9. The fourth-order valence-electron chi connectivity index (χ4n) is 2.20. The van der Waals surface area contributed by atoms with Gasteiger partial charge >= 0.3 is 5.97 Å². The number of carboxylic acid groups (broad SMARTS) is 1. The predicted octanol–water partition coefficient (Wildman–Crippen LogP) is 2.67. The highest BCUT2D eigenvalue weighted by atomic mass is 16.4. The number of hydrogen-bond acceptors (Lipinski definition) is 2. The van der Waals surface area contributed by atoms with E-state index in [4.69, 9.17) is 5.11 Å². The van der Waals surface area contributed by atoms with Crippen LogP contribution >= 0.6 is 0 Å². The summed E-state index contributed by atoms with van der Waals surface area (Å²) in [5.41, 5.74) is 3.95. The van der Waals surface area contributed by atoms with Crippen molar-refractivity contribution in [2.45, 2.75) is 26.2 Å². The van der Waals surface area contributed by atoms with Crippen molar-refractivity contribution in [1.29, 1.82) is 0 Å². The summed E-state index contributed by atoms with van der Waals surface area (Å²) in [6.07, 6.45) is 3.90. The molecule has 4 nitrogen and oxygen atoms in total. The number of carbonyl (C=O) groups is 1. The molecule has 0 atom stereocenters. The minimum atomic E-state index is -0.840. The predicted molar refractivity (Wildman–Crippen MR) is 74.0 cm³/mol. The van der Waals surface area contributed by atoms with Gasteiger partial charge in [0.15, 0.2) is 0 Å². The van der Waals surface area contributed by atoms with E-state index in [0.29, 0.717) is 0 Å². The van der Waals surface area contributed by atoms with Gasteiger partial charge in [0.2, 0.25) is 0 Å². The fourth-order valence-corrected chi connectivity index (χ4v) is 2.20. The number of nitrogens with zero attached hydrogens (tertiary/aromatic N) is 2. The first-order chi connectivity index (χ1) is 9.11. The largest absolute Gasteiger partial charge is 0.481 e. The van der Waals surface area contributed by atoms with Crippen LogP contribution in [0, 0.1) is 0 Å². The third kappa shape index (κ3) is 3.02. The Labute approximate surface area is 112 Å². The van der Waals surface area contributed by atoms with Crippen LogP contribution in [-0.4, -0.2) is 20.9 Å². The molecule has 0 amide bonds. The van der Waals surface area contributed by atoms with Crippen molar-refractivity contribution in [3.63, 3.8) is 0 Å². The minimum Gasteiger partial charge on any atom is -0.481 e. The Balaban J connectivity index is 2.33. The SMILES string of the molecule is CCCc1ccc(-c2cnn(C)c2CC(=O)O)cc1. The molecule has 2 aromatic rings. The molecule has 1 aromatic carbocycles. The lowest BCUT2D eigenvalue weighted by molar-refractivity contribution is -0.136. The van der Waals surface area contributed by atoms with E-state index in [1.165, 1.54) is 5.56 Å². The normalized spacial score (nSPS) is 10.6. The van der Waals surface area contributed by atoms with Crippen LogP contribution in [0.25, 0.3) is 11.1 Å². The van der Waals surface area contributed by atoms with Crippen LogP contribution in [0.4, 0.5) is 0 Å². The van der Waals surface area contributed by atoms with Crippen molar-refractivity contribution in [2.24, 2.45) is 7.05 Å². The zero-order valence-corrected chi connectivity index (χ0v) is 11.3. The summed E-state index contributed by atoms with van der Waals surface area (Å²) in [7, 11) is 1.77. The maximum Gasteiger partial charge on any atom is 0.309 e. The molecule has 19 heavy (non-hydrogen) atoms. The summed E-state index contributed by atoms with van der Waals surface area (Å²) in [6, 6.07) is 8.26. The van der Waals surface area contributed by atoms with Gasteiger partial charge in [-0.05, 0) is 17.5 Å². The van der Waals surface area contributed by atoms with Gasteiger partial charge in [-0.15, -0.1) is 0 Å². The van der Waals surface area contributed by atoms with Gasteiger partial charge in [-0.25, -0.2) is 0 Å². The van der Waals surface area contributed by atoms with Gasteiger partial charge in [-0.3, -0.25) is 9.48 Å². The van der Waals surface area contributed by atoms with Crippen molar-refractivity contribution in [3.8, 4) is 11.1 Å². The van der Waals surface area contributed by atoms with Crippen LogP contribution in [0.3, 0.4) is 0 Å². The van der Waals surface area contributed by atoms with Gasteiger partial charge in [0.05, 0.1) is 18.3 Å². The molecule has 4 heteroatoms. The molecule has 1 N–H and O–H groups in total. The van der Waals surface area contributed by atoms with E-state index in [1.54, 1.807) is 17.9 Å². The number of aryl methyl sites for hydroxylation is 2. The average Bonchev–Trinajstić information content (AvgIpc) is 2.72. The second-order valence-electron chi connectivity index (χ2n) is 4.65. The summed E-state index contributed by atoms with van der Waals surface area (Å²) in [5.74, 6) is -0.840. The molecule has 1 heterocycles. The van der Waals surface area contributed by atoms with Crippen molar-refractivity contribution >= 4 is 5.97 Å². The molecule has 0 unspecified atom stereocenters. The maximum absolute atomic E-state index is 10.9. The first-order valence-corrected chi connectivity index (χ1v) is 6.43. The second kappa shape index (κ2) is 5.69. The topological polar surface area (TPSA) is 55.1 Å². The van der Waals surface area contributed by atoms with Gasteiger partial charge < -0.3 is 5.11 Å². The number of hydrogen-bond donors (Lipinski definition) is 1. The highest BCUT2D eigenvalue weighted by molar-refractivity contribution is 5.75. The molecule has 0 aliphatic rings. The third-order valence-electron chi connectivity index (χ3n) is 3.18. The first-order valence-electron chi connectivity index (χ1n) is 6.43. The van der Waals surface area contributed by atoms with Crippen molar-refractivity contribution in [1.82, 2.24) is 9.78 Å². The van der Waals surface area contributed by atoms with Crippen LogP contribution in [0.2, 0.25) is 0 Å². The van der Waals surface area contributed by atoms with Crippen LogP contribution < -0.4 is 0 Å². The molecule has 0 spiro atoms. The molecule has 2 rings (SSSR count). The Morgan fingerprint density at radius 3 is 2.58 bits per heavy atom. The molecule has 0 saturated heterocycles. The number of benzene rings is 1. The van der Waals surface area contributed by atoms with Gasteiger partial charge in [-0.1, -0.05) is 37.6 Å². The van der Waals surface area contributed by atoms with E-state index < -0.39 is 5.97 Å². The van der Waals surface area contributed by atoms with Crippen molar-refractivity contribution < 1.29 is 9.90 Å². The summed E-state index contributed by atoms with van der Waals surface area (Å²) < 4.78 is 1.63. The number of aliphatic carboxylic acids is 1. The van der Waals surface area contributed by atoms with E-state index in [2.05, 4.69) is 24.2 Å². The monoisotopic (exact) mass is 258 g/mol. The smallest absolute Gasteiger partial charge is 0.309 e. The Morgan fingerprint density at radius 1 is 1.32 bits per heavy atom. The Kier molecular flexibility index (Phi) is 4.00. The molecular formula is C15H18N2O2. The standard InChI is InChI=1S/C15H18N2O2/c1-3-4-11-5-7-12(8-6-11)13-10-16-17(2)14(13)9-15(18)19/h5-8,10H,3-4,9H2,1-2H3,(H,18,19). The minimum absolute atomic E-state index is 0.0114. The Morgan fingerprint density at radius 2 is 2.00 bits per heavy atom. The van der Waals surface area contributed by atoms with Crippen LogP contribution in [0.15, 0.2) is 30.5 Å². The quantitative estimate of drug-likeness (QED) is 0.897. The molecule has 0 aliphatic heterocycles. The van der Waals surface area contributed by atoms with Gasteiger partial charge in [0.1, 0.15) is 0 Å². The summed E-state index contributed by atoms with van der Waals surface area (Å²) in [5, 5.41) is 13.1. The van der Waals surface area contributed by atoms with Gasteiger partial charge in [-0.2, -0.15) is 5.10 Å². The lowest BCUT2D eigenvalue weighted by Gasteiger charge is -2.05. The lowest BCUT2D eigenvalue weighted by atomic mass is 10.0. The Hall–Kier alpha value is -2.10. The lowest BCUT2D eigenvalue weighted by Crippen LogP contribution is -2.07. The van der Waals surface area contributed by atoms with E-state index in [9.17, 15) is 4.79 Å². The molecule has 100 valence electrons. The fraction of sp³-hybridized carbons (Fsp3) is 0.333. The zero-order valence-electron chi connectivity index (χ0n) is 11.3. The van der Waals surface area contributed by atoms with E-state index in [0.717, 1.165) is 29.7 Å². The highest BCUT2D eigenvalue weighted by Gasteiger charge is 2.13. The molecule has 0 radical (unpaired) electrons. The van der Waals surface area contributed by atoms with E-state index in [1.807, 2.05) is 12.1 Å². The molecular weight excluding hydrogens is 240 g/mol. The molecule has 0 fully saturated rings.